The van der Waals surface area contributed by atoms with E-state index in [1.807, 2.05) is 10.9 Å². The standard InChI is InChI=1S/C10H15N3O2.ClH/c1-15-10(14)9-4-6-13(12-9)8-3-2-5-11-7-8;/h4,6,8,11H,2-3,5,7H2,1H3;1H. The van der Waals surface area contributed by atoms with Crippen LogP contribution in [0.2, 0.25) is 0 Å². The Kier molecular flexibility index (Phi) is 4.76. The number of methoxy groups -OCH3 is 1. The highest BCUT2D eigenvalue weighted by Gasteiger charge is 2.17. The van der Waals surface area contributed by atoms with Crippen LogP contribution in [0.15, 0.2) is 12.3 Å². The summed E-state index contributed by atoms with van der Waals surface area (Å²) < 4.78 is 6.45. The van der Waals surface area contributed by atoms with Crippen molar-refractivity contribution in [3.63, 3.8) is 0 Å². The van der Waals surface area contributed by atoms with Crippen LogP contribution in [0.1, 0.15) is 29.4 Å². The molecule has 6 heteroatoms. The molecule has 0 spiro atoms. The molecule has 1 saturated heterocycles. The number of carbonyl (C=O) groups excluding carboxylic acids is 1. The van der Waals surface area contributed by atoms with Gasteiger partial charge in [0.1, 0.15) is 0 Å². The first-order valence-electron chi connectivity index (χ1n) is 5.15. The fraction of sp³-hybridized carbons (Fsp3) is 0.600. The van der Waals surface area contributed by atoms with E-state index in [4.69, 9.17) is 0 Å². The molecule has 1 aliphatic rings. The summed E-state index contributed by atoms with van der Waals surface area (Å²) in [6, 6.07) is 2.05. The summed E-state index contributed by atoms with van der Waals surface area (Å²) in [5, 5.41) is 7.52. The van der Waals surface area contributed by atoms with Gasteiger partial charge in [0, 0.05) is 12.7 Å². The number of hydrogen-bond donors (Lipinski definition) is 1. The first-order valence-corrected chi connectivity index (χ1v) is 5.15. The Balaban J connectivity index is 0.00000128. The van der Waals surface area contributed by atoms with Crippen LogP contribution >= 0.6 is 12.4 Å². The monoisotopic (exact) mass is 245 g/mol. The average Bonchev–Trinajstić information content (AvgIpc) is 2.78. The van der Waals surface area contributed by atoms with Crippen molar-refractivity contribution in [1.29, 1.82) is 0 Å². The quantitative estimate of drug-likeness (QED) is 0.791. The Bertz CT molecular complexity index is 348. The second-order valence-corrected chi connectivity index (χ2v) is 3.67. The minimum absolute atomic E-state index is 0. The number of esters is 1. The minimum Gasteiger partial charge on any atom is -0.464 e. The Morgan fingerprint density at radius 3 is 3.12 bits per heavy atom. The van der Waals surface area contributed by atoms with E-state index < -0.39 is 0 Å². The van der Waals surface area contributed by atoms with E-state index in [2.05, 4.69) is 15.2 Å². The number of halogens is 1. The maximum atomic E-state index is 11.2. The highest BCUT2D eigenvalue weighted by molar-refractivity contribution is 5.86. The van der Waals surface area contributed by atoms with Gasteiger partial charge >= 0.3 is 5.97 Å². The second kappa shape index (κ2) is 5.86. The van der Waals surface area contributed by atoms with Gasteiger partial charge < -0.3 is 10.1 Å². The molecule has 0 saturated carbocycles. The lowest BCUT2D eigenvalue weighted by molar-refractivity contribution is 0.0592. The lowest BCUT2D eigenvalue weighted by Crippen LogP contribution is -2.32. The van der Waals surface area contributed by atoms with Crippen LogP contribution in [0.25, 0.3) is 0 Å². The molecule has 0 aromatic carbocycles. The van der Waals surface area contributed by atoms with Crippen molar-refractivity contribution in [2.45, 2.75) is 18.9 Å². The van der Waals surface area contributed by atoms with Crippen LogP contribution in [0, 0.1) is 0 Å². The van der Waals surface area contributed by atoms with Gasteiger partial charge in [0.25, 0.3) is 0 Å². The predicted octanol–water partition coefficient (Wildman–Crippen LogP) is 1.02. The Morgan fingerprint density at radius 2 is 2.50 bits per heavy atom. The Morgan fingerprint density at radius 1 is 1.69 bits per heavy atom. The second-order valence-electron chi connectivity index (χ2n) is 3.67. The molecule has 5 nitrogen and oxygen atoms in total. The Labute approximate surface area is 101 Å². The molecule has 0 aliphatic carbocycles. The van der Waals surface area contributed by atoms with Crippen LogP contribution in [-0.2, 0) is 4.74 Å². The number of carbonyl (C=O) groups is 1. The van der Waals surface area contributed by atoms with E-state index in [-0.39, 0.29) is 18.4 Å². The molecule has 0 amide bonds. The maximum absolute atomic E-state index is 11.2. The van der Waals surface area contributed by atoms with Crippen LogP contribution in [0.5, 0.6) is 0 Å². The molecule has 1 unspecified atom stereocenters. The first kappa shape index (κ1) is 13.0. The number of nitrogens with one attached hydrogen (secondary N) is 1. The van der Waals surface area contributed by atoms with Gasteiger partial charge in [-0.05, 0) is 25.5 Å². The molecule has 2 rings (SSSR count). The number of nitrogens with zero attached hydrogens (tertiary/aromatic N) is 2. The molecule has 1 N–H and O–H groups in total. The molecule has 0 radical (unpaired) electrons. The minimum atomic E-state index is -0.377. The van der Waals surface area contributed by atoms with E-state index in [0.29, 0.717) is 11.7 Å². The predicted molar refractivity (Wildman–Crippen MR) is 62.0 cm³/mol. The molecule has 1 aromatic rings. The normalized spacial score (nSPS) is 19.9. The van der Waals surface area contributed by atoms with E-state index in [0.717, 1.165) is 25.9 Å². The molecule has 90 valence electrons. The van der Waals surface area contributed by atoms with Crippen molar-refractivity contribution < 1.29 is 9.53 Å². The zero-order chi connectivity index (χ0) is 10.7. The van der Waals surface area contributed by atoms with E-state index in [1.54, 1.807) is 6.07 Å². The number of ether oxygens (including phenoxy) is 1. The van der Waals surface area contributed by atoms with E-state index in [9.17, 15) is 4.79 Å². The van der Waals surface area contributed by atoms with E-state index >= 15 is 0 Å². The van der Waals surface area contributed by atoms with Gasteiger partial charge in [-0.25, -0.2) is 4.79 Å². The fourth-order valence-electron chi connectivity index (χ4n) is 1.81. The van der Waals surface area contributed by atoms with Crippen LogP contribution < -0.4 is 5.32 Å². The largest absolute Gasteiger partial charge is 0.464 e. The highest BCUT2D eigenvalue weighted by atomic mass is 35.5. The molecule has 1 aliphatic heterocycles. The maximum Gasteiger partial charge on any atom is 0.358 e. The summed E-state index contributed by atoms with van der Waals surface area (Å²) in [5.41, 5.74) is 0.378. The molecule has 1 fully saturated rings. The summed E-state index contributed by atoms with van der Waals surface area (Å²) >= 11 is 0. The number of piperidine rings is 1. The van der Waals surface area contributed by atoms with Gasteiger partial charge in [-0.2, -0.15) is 5.10 Å². The zero-order valence-corrected chi connectivity index (χ0v) is 10.00. The third-order valence-corrected chi connectivity index (χ3v) is 2.65. The summed E-state index contributed by atoms with van der Waals surface area (Å²) in [6.07, 6.45) is 4.09. The first-order chi connectivity index (χ1) is 7.31. The molecule has 0 bridgehead atoms. The lowest BCUT2D eigenvalue weighted by Gasteiger charge is -2.22. The van der Waals surface area contributed by atoms with Gasteiger partial charge in [0.15, 0.2) is 5.69 Å². The van der Waals surface area contributed by atoms with Gasteiger partial charge in [-0.15, -0.1) is 12.4 Å². The topological polar surface area (TPSA) is 56.1 Å². The SMILES string of the molecule is COC(=O)c1ccn(C2CCCNC2)n1.Cl. The summed E-state index contributed by atoms with van der Waals surface area (Å²) in [7, 11) is 1.36. The van der Waals surface area contributed by atoms with Crippen molar-refractivity contribution in [2.75, 3.05) is 20.2 Å². The summed E-state index contributed by atoms with van der Waals surface area (Å²) in [6.45, 7) is 1.99. The number of rotatable bonds is 2. The van der Waals surface area contributed by atoms with Crippen LogP contribution in [-0.4, -0.2) is 35.9 Å². The van der Waals surface area contributed by atoms with Gasteiger partial charge in [0.2, 0.25) is 0 Å². The van der Waals surface area contributed by atoms with E-state index in [1.165, 1.54) is 7.11 Å². The van der Waals surface area contributed by atoms with Gasteiger partial charge in [0.05, 0.1) is 13.2 Å². The highest BCUT2D eigenvalue weighted by Crippen LogP contribution is 2.15. The molecule has 2 heterocycles. The summed E-state index contributed by atoms with van der Waals surface area (Å²) in [4.78, 5) is 11.2. The van der Waals surface area contributed by atoms with Crippen molar-refractivity contribution in [1.82, 2.24) is 15.1 Å². The van der Waals surface area contributed by atoms with Gasteiger partial charge in [-0.3, -0.25) is 4.68 Å². The Hall–Kier alpha value is -1.07. The van der Waals surface area contributed by atoms with Crippen molar-refractivity contribution >= 4 is 18.4 Å². The molecule has 1 aromatic heterocycles. The van der Waals surface area contributed by atoms with Gasteiger partial charge in [-0.1, -0.05) is 0 Å². The van der Waals surface area contributed by atoms with Crippen molar-refractivity contribution in [3.8, 4) is 0 Å². The third kappa shape index (κ3) is 2.74. The van der Waals surface area contributed by atoms with Crippen LogP contribution in [0.3, 0.4) is 0 Å². The lowest BCUT2D eigenvalue weighted by atomic mass is 10.1. The molecular formula is C10H16ClN3O2. The number of aromatic nitrogens is 2. The molecule has 1 atom stereocenters. The smallest absolute Gasteiger partial charge is 0.358 e. The third-order valence-electron chi connectivity index (χ3n) is 2.65. The number of hydrogen-bond acceptors (Lipinski definition) is 4. The summed E-state index contributed by atoms with van der Waals surface area (Å²) in [5.74, 6) is -0.377. The van der Waals surface area contributed by atoms with Crippen molar-refractivity contribution in [3.05, 3.63) is 18.0 Å². The molecule has 16 heavy (non-hydrogen) atoms. The average molecular weight is 246 g/mol. The van der Waals surface area contributed by atoms with Crippen LogP contribution in [0.4, 0.5) is 0 Å². The molecular weight excluding hydrogens is 230 g/mol. The zero-order valence-electron chi connectivity index (χ0n) is 9.18. The fourth-order valence-corrected chi connectivity index (χ4v) is 1.81. The van der Waals surface area contributed by atoms with Crippen molar-refractivity contribution in [2.24, 2.45) is 0 Å².